The van der Waals surface area contributed by atoms with E-state index < -0.39 is 6.10 Å². The molecule has 0 N–H and O–H groups in total. The van der Waals surface area contributed by atoms with Gasteiger partial charge >= 0.3 is 17.9 Å². The van der Waals surface area contributed by atoms with Crippen molar-refractivity contribution in [1.29, 1.82) is 0 Å². The van der Waals surface area contributed by atoms with Crippen molar-refractivity contribution in [3.8, 4) is 0 Å². The molecule has 0 aliphatic rings. The van der Waals surface area contributed by atoms with Gasteiger partial charge in [-0.25, -0.2) is 0 Å². The molecule has 0 rings (SSSR count). The molecule has 0 radical (unpaired) electrons. The van der Waals surface area contributed by atoms with Gasteiger partial charge in [-0.1, -0.05) is 320 Å². The van der Waals surface area contributed by atoms with Crippen LogP contribution in [-0.4, -0.2) is 37.2 Å². The SMILES string of the molecule is CCC/C=C\CCCCCCCC(=O)OCC(COC(=O)CCCCCCCCCCCCCCCCCCCCCCCCCCCCCCCCC)OC(=O)CCCCCCCCC/C=C\C/C=C\CCCCC. The number of carbonyl (C=O) groups excluding carboxylic acids is 3. The fourth-order valence-electron chi connectivity index (χ4n) is 10.2. The van der Waals surface area contributed by atoms with Crippen LogP contribution in [0.5, 0.6) is 0 Å². The molecule has 446 valence electrons. The third kappa shape index (κ3) is 62.5. The molecule has 0 bridgehead atoms. The van der Waals surface area contributed by atoms with E-state index >= 15 is 0 Å². The van der Waals surface area contributed by atoms with Crippen molar-refractivity contribution in [3.05, 3.63) is 36.5 Å². The molecule has 0 aliphatic heterocycles. The Morgan fingerprint density at radius 1 is 0.263 bits per heavy atom. The predicted molar refractivity (Wildman–Crippen MR) is 330 cm³/mol. The van der Waals surface area contributed by atoms with Gasteiger partial charge in [-0.05, 0) is 70.6 Å². The summed E-state index contributed by atoms with van der Waals surface area (Å²) in [5, 5.41) is 0. The van der Waals surface area contributed by atoms with Crippen LogP contribution in [0, 0.1) is 0 Å². The number of unbranched alkanes of at least 4 members (excludes halogenated alkanes) is 46. The third-order valence-electron chi connectivity index (χ3n) is 15.3. The van der Waals surface area contributed by atoms with E-state index in [1.807, 2.05) is 0 Å². The minimum Gasteiger partial charge on any atom is -0.462 e. The van der Waals surface area contributed by atoms with Crippen LogP contribution in [0.4, 0.5) is 0 Å². The Morgan fingerprint density at radius 2 is 0.500 bits per heavy atom. The molecular formula is C70H130O6. The van der Waals surface area contributed by atoms with Crippen molar-refractivity contribution in [3.63, 3.8) is 0 Å². The van der Waals surface area contributed by atoms with Crippen molar-refractivity contribution in [2.45, 2.75) is 380 Å². The first kappa shape index (κ1) is 73.6. The second kappa shape index (κ2) is 65.2. The Kier molecular flexibility index (Phi) is 63.1. The first-order valence-corrected chi connectivity index (χ1v) is 34.0. The molecule has 1 atom stereocenters. The van der Waals surface area contributed by atoms with E-state index in [1.54, 1.807) is 0 Å². The van der Waals surface area contributed by atoms with Crippen LogP contribution >= 0.6 is 0 Å². The lowest BCUT2D eigenvalue weighted by molar-refractivity contribution is -0.167. The van der Waals surface area contributed by atoms with Crippen LogP contribution in [0.1, 0.15) is 374 Å². The van der Waals surface area contributed by atoms with Crippen LogP contribution in [0.2, 0.25) is 0 Å². The van der Waals surface area contributed by atoms with E-state index in [0.717, 1.165) is 83.5 Å². The predicted octanol–water partition coefficient (Wildman–Crippen LogP) is 23.2. The summed E-state index contributed by atoms with van der Waals surface area (Å²) in [7, 11) is 0. The average molecular weight is 1070 g/mol. The molecule has 0 heterocycles. The van der Waals surface area contributed by atoms with Gasteiger partial charge in [0, 0.05) is 19.3 Å². The number of hydrogen-bond acceptors (Lipinski definition) is 6. The molecule has 0 aromatic heterocycles. The number of rotatable bonds is 63. The molecule has 0 fully saturated rings. The molecule has 0 spiro atoms. The zero-order valence-corrected chi connectivity index (χ0v) is 51.3. The maximum absolute atomic E-state index is 12.9. The van der Waals surface area contributed by atoms with Crippen molar-refractivity contribution < 1.29 is 28.6 Å². The molecule has 1 unspecified atom stereocenters. The highest BCUT2D eigenvalue weighted by atomic mass is 16.6. The number of hydrogen-bond donors (Lipinski definition) is 0. The second-order valence-electron chi connectivity index (χ2n) is 23.1. The minimum absolute atomic E-state index is 0.0743. The Labute approximate surface area is 474 Å². The van der Waals surface area contributed by atoms with Crippen molar-refractivity contribution in [2.75, 3.05) is 13.2 Å². The molecule has 0 aromatic carbocycles. The van der Waals surface area contributed by atoms with Crippen LogP contribution in [0.25, 0.3) is 0 Å². The van der Waals surface area contributed by atoms with Gasteiger partial charge in [-0.2, -0.15) is 0 Å². The molecule has 0 saturated carbocycles. The zero-order valence-electron chi connectivity index (χ0n) is 51.3. The Bertz CT molecular complexity index is 1270. The van der Waals surface area contributed by atoms with Crippen LogP contribution in [0.15, 0.2) is 36.5 Å². The van der Waals surface area contributed by atoms with Gasteiger partial charge in [-0.3, -0.25) is 14.4 Å². The highest BCUT2D eigenvalue weighted by molar-refractivity contribution is 5.71. The van der Waals surface area contributed by atoms with Gasteiger partial charge in [0.15, 0.2) is 6.10 Å². The van der Waals surface area contributed by atoms with Gasteiger partial charge < -0.3 is 14.2 Å². The largest absolute Gasteiger partial charge is 0.462 e. The molecule has 6 nitrogen and oxygen atoms in total. The van der Waals surface area contributed by atoms with Gasteiger partial charge in [-0.15, -0.1) is 0 Å². The number of allylic oxidation sites excluding steroid dienone is 6. The molecular weight excluding hydrogens is 937 g/mol. The van der Waals surface area contributed by atoms with Gasteiger partial charge in [0.2, 0.25) is 0 Å². The number of ether oxygens (including phenoxy) is 3. The highest BCUT2D eigenvalue weighted by Gasteiger charge is 2.19. The van der Waals surface area contributed by atoms with Crippen molar-refractivity contribution >= 4 is 17.9 Å². The van der Waals surface area contributed by atoms with Gasteiger partial charge in [0.1, 0.15) is 13.2 Å². The lowest BCUT2D eigenvalue weighted by Gasteiger charge is -2.18. The third-order valence-corrected chi connectivity index (χ3v) is 15.3. The lowest BCUT2D eigenvalue weighted by atomic mass is 10.0. The molecule has 76 heavy (non-hydrogen) atoms. The topological polar surface area (TPSA) is 78.9 Å². The van der Waals surface area contributed by atoms with E-state index in [-0.39, 0.29) is 31.1 Å². The Hall–Kier alpha value is -2.37. The quantitative estimate of drug-likeness (QED) is 0.0261. The standard InChI is InChI=1S/C70H130O6/c1-4-7-10-13-16-19-22-24-26-28-29-30-31-32-33-34-35-36-37-38-39-40-41-43-44-46-48-51-54-57-60-63-69(72)75-66-67(65-74-68(71)62-59-56-53-50-21-18-15-12-9-6-3)76-70(73)64-61-58-55-52-49-47-45-42-27-25-23-20-17-14-11-8-5-2/h12,15,17,20,25,27,67H,4-11,13-14,16,18-19,21-24,26,28-66H2,1-3H3/b15-12-,20-17-,27-25-. The Balaban J connectivity index is 4.07. The van der Waals surface area contributed by atoms with Crippen molar-refractivity contribution in [2.24, 2.45) is 0 Å². The summed E-state index contributed by atoms with van der Waals surface area (Å²) in [4.78, 5) is 38.2. The first-order valence-electron chi connectivity index (χ1n) is 34.0. The zero-order chi connectivity index (χ0) is 55.0. The lowest BCUT2D eigenvalue weighted by Crippen LogP contribution is -2.30. The van der Waals surface area contributed by atoms with Crippen LogP contribution in [0.3, 0.4) is 0 Å². The van der Waals surface area contributed by atoms with E-state index in [9.17, 15) is 14.4 Å². The highest BCUT2D eigenvalue weighted by Crippen LogP contribution is 2.18. The second-order valence-corrected chi connectivity index (χ2v) is 23.1. The molecule has 0 amide bonds. The smallest absolute Gasteiger partial charge is 0.306 e. The minimum atomic E-state index is -0.777. The molecule has 6 heteroatoms. The van der Waals surface area contributed by atoms with E-state index in [4.69, 9.17) is 14.2 Å². The fourth-order valence-corrected chi connectivity index (χ4v) is 10.2. The summed E-state index contributed by atoms with van der Waals surface area (Å²) >= 11 is 0. The summed E-state index contributed by atoms with van der Waals surface area (Å²) in [5.41, 5.74) is 0. The van der Waals surface area contributed by atoms with E-state index in [1.165, 1.54) is 250 Å². The summed E-state index contributed by atoms with van der Waals surface area (Å²) < 4.78 is 16.9. The summed E-state index contributed by atoms with van der Waals surface area (Å²) in [6, 6.07) is 0. The molecule has 0 aromatic rings. The molecule has 0 aliphatic carbocycles. The maximum atomic E-state index is 12.9. The number of carbonyl (C=O) groups is 3. The van der Waals surface area contributed by atoms with Gasteiger partial charge in [0.25, 0.3) is 0 Å². The molecule has 0 saturated heterocycles. The fraction of sp³-hybridized carbons (Fsp3) is 0.871. The Morgan fingerprint density at radius 3 is 0.816 bits per heavy atom. The van der Waals surface area contributed by atoms with E-state index in [0.29, 0.717) is 19.3 Å². The first-order chi connectivity index (χ1) is 37.5. The normalized spacial score (nSPS) is 12.2. The average Bonchev–Trinajstić information content (AvgIpc) is 3.42. The summed E-state index contributed by atoms with van der Waals surface area (Å²) in [5.74, 6) is -0.872. The summed E-state index contributed by atoms with van der Waals surface area (Å²) in [6.45, 7) is 6.60. The van der Waals surface area contributed by atoms with Crippen molar-refractivity contribution in [1.82, 2.24) is 0 Å². The van der Waals surface area contributed by atoms with Gasteiger partial charge in [0.05, 0.1) is 0 Å². The van der Waals surface area contributed by atoms with E-state index in [2.05, 4.69) is 57.2 Å². The van der Waals surface area contributed by atoms with Crippen LogP contribution < -0.4 is 0 Å². The summed E-state index contributed by atoms with van der Waals surface area (Å²) in [6.07, 6.45) is 80.5. The number of esters is 3. The monoisotopic (exact) mass is 1070 g/mol. The maximum Gasteiger partial charge on any atom is 0.306 e. The van der Waals surface area contributed by atoms with Crippen LogP contribution in [-0.2, 0) is 28.6 Å².